The molecule has 0 bridgehead atoms. The van der Waals surface area contributed by atoms with E-state index in [1.54, 1.807) is 11.3 Å². The predicted molar refractivity (Wildman–Crippen MR) is 67.6 cm³/mol. The molecule has 1 saturated carbocycles. The lowest BCUT2D eigenvalue weighted by Crippen LogP contribution is -2.21. The summed E-state index contributed by atoms with van der Waals surface area (Å²) in [7, 11) is 0. The minimum atomic E-state index is 0.512. The zero-order chi connectivity index (χ0) is 11.5. The first-order valence-corrected chi connectivity index (χ1v) is 7.04. The van der Waals surface area contributed by atoms with Gasteiger partial charge in [-0.3, -0.25) is 0 Å². The van der Waals surface area contributed by atoms with E-state index in [0.29, 0.717) is 12.0 Å². The van der Waals surface area contributed by atoms with E-state index < -0.39 is 0 Å². The molecule has 1 aromatic rings. The van der Waals surface area contributed by atoms with E-state index in [0.717, 1.165) is 17.5 Å². The molecule has 0 saturated heterocycles. The van der Waals surface area contributed by atoms with Crippen molar-refractivity contribution in [3.8, 4) is 0 Å². The van der Waals surface area contributed by atoms with E-state index in [1.807, 2.05) is 0 Å². The molecule has 2 unspecified atom stereocenters. The summed E-state index contributed by atoms with van der Waals surface area (Å²) >= 11 is 1.79. The Morgan fingerprint density at radius 3 is 2.81 bits per heavy atom. The van der Waals surface area contributed by atoms with Crippen LogP contribution in [0.4, 0.5) is 0 Å². The average molecular weight is 239 g/mol. The van der Waals surface area contributed by atoms with Gasteiger partial charge in [-0.1, -0.05) is 44.9 Å². The summed E-state index contributed by atoms with van der Waals surface area (Å²) in [4.78, 5) is 0. The third kappa shape index (κ3) is 2.80. The maximum Gasteiger partial charge on any atom is 0.131 e. The summed E-state index contributed by atoms with van der Waals surface area (Å²) < 4.78 is 0. The van der Waals surface area contributed by atoms with E-state index in [2.05, 4.69) is 36.3 Å². The van der Waals surface area contributed by atoms with Gasteiger partial charge in [0.05, 0.1) is 0 Å². The summed E-state index contributed by atoms with van der Waals surface area (Å²) in [6, 6.07) is 0.512. The highest BCUT2D eigenvalue weighted by Gasteiger charge is 2.27. The lowest BCUT2D eigenvalue weighted by Gasteiger charge is -2.10. The first-order valence-electron chi connectivity index (χ1n) is 6.22. The van der Waals surface area contributed by atoms with Gasteiger partial charge in [0.2, 0.25) is 0 Å². The van der Waals surface area contributed by atoms with Gasteiger partial charge in [0.25, 0.3) is 0 Å². The molecule has 1 aliphatic rings. The van der Waals surface area contributed by atoms with E-state index in [1.165, 1.54) is 24.3 Å². The number of aromatic nitrogens is 2. The summed E-state index contributed by atoms with van der Waals surface area (Å²) in [6.07, 6.45) is 4.00. The Bertz CT molecular complexity index is 335. The minimum absolute atomic E-state index is 0.512. The molecule has 3 nitrogen and oxygen atoms in total. The van der Waals surface area contributed by atoms with E-state index in [4.69, 9.17) is 0 Å². The van der Waals surface area contributed by atoms with Crippen LogP contribution in [-0.2, 0) is 6.54 Å². The largest absolute Gasteiger partial charge is 0.308 e. The Morgan fingerprint density at radius 1 is 1.38 bits per heavy atom. The third-order valence-electron chi connectivity index (χ3n) is 3.32. The molecule has 1 aromatic heterocycles. The van der Waals surface area contributed by atoms with Crippen molar-refractivity contribution in [1.82, 2.24) is 15.5 Å². The lowest BCUT2D eigenvalue weighted by atomic mass is 9.99. The van der Waals surface area contributed by atoms with Crippen LogP contribution >= 0.6 is 11.3 Å². The van der Waals surface area contributed by atoms with Gasteiger partial charge in [-0.2, -0.15) is 0 Å². The molecule has 4 heteroatoms. The summed E-state index contributed by atoms with van der Waals surface area (Å²) in [5.41, 5.74) is 0. The van der Waals surface area contributed by atoms with Crippen molar-refractivity contribution in [3.63, 3.8) is 0 Å². The standard InChI is InChI=1S/C12H21N3S/c1-8(2)13-7-11-14-15-12(16-11)10-6-4-5-9(10)3/h8-10,13H,4-7H2,1-3H3. The van der Waals surface area contributed by atoms with Crippen molar-refractivity contribution >= 4 is 11.3 Å². The molecular formula is C12H21N3S. The predicted octanol–water partition coefficient (Wildman–Crippen LogP) is 2.94. The number of rotatable bonds is 4. The number of hydrogen-bond donors (Lipinski definition) is 1. The van der Waals surface area contributed by atoms with Gasteiger partial charge in [-0.25, -0.2) is 0 Å². The second-order valence-corrected chi connectivity index (χ2v) is 6.18. The number of nitrogens with zero attached hydrogens (tertiary/aromatic N) is 2. The lowest BCUT2D eigenvalue weighted by molar-refractivity contribution is 0.527. The zero-order valence-corrected chi connectivity index (χ0v) is 11.2. The zero-order valence-electron chi connectivity index (χ0n) is 10.4. The Labute approximate surface area is 102 Å². The molecule has 1 aliphatic carbocycles. The van der Waals surface area contributed by atoms with Crippen LogP contribution in [0.15, 0.2) is 0 Å². The Balaban J connectivity index is 1.96. The first-order chi connectivity index (χ1) is 7.66. The van der Waals surface area contributed by atoms with Crippen molar-refractivity contribution in [2.24, 2.45) is 5.92 Å². The van der Waals surface area contributed by atoms with Crippen molar-refractivity contribution in [3.05, 3.63) is 10.0 Å². The summed E-state index contributed by atoms with van der Waals surface area (Å²) in [5.74, 6) is 1.46. The molecule has 1 fully saturated rings. The molecule has 2 rings (SSSR count). The maximum absolute atomic E-state index is 4.36. The average Bonchev–Trinajstić information content (AvgIpc) is 2.83. The van der Waals surface area contributed by atoms with Crippen LogP contribution in [0.25, 0.3) is 0 Å². The monoisotopic (exact) mass is 239 g/mol. The summed E-state index contributed by atoms with van der Waals surface area (Å²) in [5, 5.41) is 14.4. The van der Waals surface area contributed by atoms with Crippen LogP contribution < -0.4 is 5.32 Å². The number of nitrogens with one attached hydrogen (secondary N) is 1. The van der Waals surface area contributed by atoms with Crippen LogP contribution in [0, 0.1) is 5.92 Å². The molecule has 0 aliphatic heterocycles. The quantitative estimate of drug-likeness (QED) is 0.878. The van der Waals surface area contributed by atoms with Gasteiger partial charge >= 0.3 is 0 Å². The highest BCUT2D eigenvalue weighted by molar-refractivity contribution is 7.11. The van der Waals surface area contributed by atoms with Crippen LogP contribution in [-0.4, -0.2) is 16.2 Å². The minimum Gasteiger partial charge on any atom is -0.308 e. The van der Waals surface area contributed by atoms with Gasteiger partial charge in [0.15, 0.2) is 0 Å². The fourth-order valence-electron chi connectivity index (χ4n) is 2.29. The molecular weight excluding hydrogens is 218 g/mol. The van der Waals surface area contributed by atoms with E-state index in [-0.39, 0.29) is 0 Å². The molecule has 1 heterocycles. The third-order valence-corrected chi connectivity index (χ3v) is 4.38. The van der Waals surface area contributed by atoms with Crippen LogP contribution in [0.1, 0.15) is 56.0 Å². The number of hydrogen-bond acceptors (Lipinski definition) is 4. The molecule has 0 amide bonds. The van der Waals surface area contributed by atoms with E-state index in [9.17, 15) is 0 Å². The van der Waals surface area contributed by atoms with E-state index >= 15 is 0 Å². The van der Waals surface area contributed by atoms with Gasteiger partial charge in [-0.15, -0.1) is 10.2 Å². The SMILES string of the molecule is CC(C)NCc1nnc(C2CCCC2C)s1. The highest BCUT2D eigenvalue weighted by Crippen LogP contribution is 2.40. The van der Waals surface area contributed by atoms with Crippen molar-refractivity contribution in [1.29, 1.82) is 0 Å². The van der Waals surface area contributed by atoms with Crippen molar-refractivity contribution in [2.45, 2.75) is 58.5 Å². The normalized spacial score (nSPS) is 25.5. The molecule has 16 heavy (non-hydrogen) atoms. The molecule has 1 N–H and O–H groups in total. The van der Waals surface area contributed by atoms with Gasteiger partial charge < -0.3 is 5.32 Å². The smallest absolute Gasteiger partial charge is 0.131 e. The van der Waals surface area contributed by atoms with Crippen LogP contribution in [0.5, 0.6) is 0 Å². The van der Waals surface area contributed by atoms with Crippen molar-refractivity contribution < 1.29 is 0 Å². The molecule has 2 atom stereocenters. The maximum atomic E-state index is 4.36. The molecule has 0 radical (unpaired) electrons. The molecule has 90 valence electrons. The van der Waals surface area contributed by atoms with Crippen LogP contribution in [0.2, 0.25) is 0 Å². The second kappa shape index (κ2) is 5.23. The van der Waals surface area contributed by atoms with Crippen molar-refractivity contribution in [2.75, 3.05) is 0 Å². The summed E-state index contributed by atoms with van der Waals surface area (Å²) in [6.45, 7) is 7.50. The topological polar surface area (TPSA) is 37.8 Å². The highest BCUT2D eigenvalue weighted by atomic mass is 32.1. The van der Waals surface area contributed by atoms with Gasteiger partial charge in [-0.05, 0) is 12.3 Å². The fourth-order valence-corrected chi connectivity index (χ4v) is 3.35. The molecule has 0 spiro atoms. The van der Waals surface area contributed by atoms with Gasteiger partial charge in [0.1, 0.15) is 10.0 Å². The van der Waals surface area contributed by atoms with Gasteiger partial charge in [0, 0.05) is 18.5 Å². The van der Waals surface area contributed by atoms with Crippen LogP contribution in [0.3, 0.4) is 0 Å². The Morgan fingerprint density at radius 2 is 2.19 bits per heavy atom. The fraction of sp³-hybridized carbons (Fsp3) is 0.833. The Kier molecular flexibility index (Phi) is 3.92. The second-order valence-electron chi connectivity index (χ2n) is 5.08. The Hall–Kier alpha value is -0.480. The molecule has 0 aromatic carbocycles. The first kappa shape index (κ1) is 12.0.